The van der Waals surface area contributed by atoms with Gasteiger partial charge in [-0.25, -0.2) is 14.3 Å². The van der Waals surface area contributed by atoms with Crippen molar-refractivity contribution in [1.29, 1.82) is 0 Å². The number of nitrogens with zero attached hydrogens (tertiary/aromatic N) is 3. The molecule has 2 rings (SSSR count). The van der Waals surface area contributed by atoms with E-state index >= 15 is 0 Å². The maximum absolute atomic E-state index is 11.0. The number of fused-ring (bicyclic) bond motifs is 1. The largest absolute Gasteiger partial charge is 0.478 e. The van der Waals surface area contributed by atoms with Crippen molar-refractivity contribution in [2.75, 3.05) is 0 Å². The van der Waals surface area contributed by atoms with Crippen molar-refractivity contribution in [1.82, 2.24) is 14.6 Å². The van der Waals surface area contributed by atoms with Crippen LogP contribution < -0.4 is 0 Å². The number of carboxylic acids is 1. The smallest absolute Gasteiger partial charge is 0.338 e. The van der Waals surface area contributed by atoms with Crippen LogP contribution in [0.5, 0.6) is 0 Å². The zero-order valence-corrected chi connectivity index (χ0v) is 8.89. The second-order valence-corrected chi connectivity index (χ2v) is 3.48. The first-order valence-electron chi connectivity index (χ1n) is 4.28. The molecule has 0 radical (unpaired) electrons. The summed E-state index contributed by atoms with van der Waals surface area (Å²) >= 11 is 5.83. The number of halogens is 1. The number of aryl methyl sites for hydroxylation is 1. The third-order valence-corrected chi connectivity index (χ3v) is 2.56. The molecule has 16 heavy (non-hydrogen) atoms. The van der Waals surface area contributed by atoms with Crippen molar-refractivity contribution in [3.05, 3.63) is 28.3 Å². The molecule has 1 N–H and O–H groups in total. The first-order valence-corrected chi connectivity index (χ1v) is 4.66. The zero-order valence-electron chi connectivity index (χ0n) is 8.14. The van der Waals surface area contributed by atoms with Crippen LogP contribution in [-0.2, 0) is 0 Å². The minimum Gasteiger partial charge on any atom is -0.478 e. The van der Waals surface area contributed by atoms with Gasteiger partial charge in [-0.15, -0.1) is 0 Å². The van der Waals surface area contributed by atoms with Crippen LogP contribution in [0, 0.1) is 6.92 Å². The highest BCUT2D eigenvalue weighted by molar-refractivity contribution is 6.33. The molecule has 2 heterocycles. The first-order chi connectivity index (χ1) is 7.57. The third kappa shape index (κ3) is 1.27. The van der Waals surface area contributed by atoms with Crippen LogP contribution in [0.2, 0.25) is 5.15 Å². The van der Waals surface area contributed by atoms with Gasteiger partial charge < -0.3 is 5.11 Å². The van der Waals surface area contributed by atoms with Gasteiger partial charge in [-0.2, -0.15) is 5.10 Å². The molecule has 0 aliphatic heterocycles. The average Bonchev–Trinajstić information content (AvgIpc) is 2.52. The summed E-state index contributed by atoms with van der Waals surface area (Å²) in [5.74, 6) is -1.19. The predicted molar refractivity (Wildman–Crippen MR) is 55.1 cm³/mol. The van der Waals surface area contributed by atoms with Crippen molar-refractivity contribution >= 4 is 29.4 Å². The molecule has 0 aliphatic rings. The number of aromatic nitrogens is 3. The van der Waals surface area contributed by atoms with Crippen LogP contribution in [0.25, 0.3) is 5.52 Å². The Balaban J connectivity index is 3.02. The Morgan fingerprint density at radius 2 is 2.31 bits per heavy atom. The molecule has 0 saturated heterocycles. The summed E-state index contributed by atoms with van der Waals surface area (Å²) in [6.45, 7) is 1.56. The van der Waals surface area contributed by atoms with Crippen LogP contribution in [-0.4, -0.2) is 32.0 Å². The van der Waals surface area contributed by atoms with Crippen molar-refractivity contribution < 1.29 is 14.7 Å². The quantitative estimate of drug-likeness (QED) is 0.796. The van der Waals surface area contributed by atoms with Gasteiger partial charge in [0.05, 0.1) is 5.56 Å². The Morgan fingerprint density at radius 1 is 1.62 bits per heavy atom. The molecule has 0 bridgehead atoms. The second kappa shape index (κ2) is 3.57. The summed E-state index contributed by atoms with van der Waals surface area (Å²) in [4.78, 5) is 25.6. The molecule has 0 saturated carbocycles. The van der Waals surface area contributed by atoms with E-state index in [0.29, 0.717) is 17.4 Å². The summed E-state index contributed by atoms with van der Waals surface area (Å²) in [6.07, 6.45) is 1.60. The lowest BCUT2D eigenvalue weighted by molar-refractivity contribution is 0.0693. The lowest BCUT2D eigenvalue weighted by Gasteiger charge is -1.96. The lowest BCUT2D eigenvalue weighted by Crippen LogP contribution is -2.03. The second-order valence-electron chi connectivity index (χ2n) is 3.12. The highest BCUT2D eigenvalue weighted by atomic mass is 35.5. The number of hydrogen-bond donors (Lipinski definition) is 1. The van der Waals surface area contributed by atoms with Gasteiger partial charge in [0.15, 0.2) is 11.4 Å². The Bertz CT molecular complexity index is 606. The molecule has 2 aromatic heterocycles. The highest BCUT2D eigenvalue weighted by Gasteiger charge is 2.22. The minimum atomic E-state index is -1.19. The molecular formula is C9H6ClN3O3. The lowest BCUT2D eigenvalue weighted by atomic mass is 10.1. The average molecular weight is 240 g/mol. The van der Waals surface area contributed by atoms with Crippen LogP contribution >= 0.6 is 11.6 Å². The maximum Gasteiger partial charge on any atom is 0.338 e. The van der Waals surface area contributed by atoms with E-state index in [1.54, 1.807) is 6.92 Å². The predicted octanol–water partition coefficient (Wildman–Crippen LogP) is 1.20. The van der Waals surface area contributed by atoms with Gasteiger partial charge in [0, 0.05) is 0 Å². The van der Waals surface area contributed by atoms with Gasteiger partial charge in [-0.1, -0.05) is 11.6 Å². The van der Waals surface area contributed by atoms with E-state index in [2.05, 4.69) is 10.1 Å². The van der Waals surface area contributed by atoms with E-state index in [1.807, 2.05) is 0 Å². The summed E-state index contributed by atoms with van der Waals surface area (Å²) in [6, 6.07) is 0. The van der Waals surface area contributed by atoms with E-state index < -0.39 is 5.97 Å². The number of aromatic carboxylic acids is 1. The fourth-order valence-electron chi connectivity index (χ4n) is 1.63. The van der Waals surface area contributed by atoms with Crippen LogP contribution in [0.15, 0.2) is 6.33 Å². The molecule has 0 spiro atoms. The van der Waals surface area contributed by atoms with Crippen LogP contribution in [0.3, 0.4) is 0 Å². The fraction of sp³-hybridized carbons (Fsp3) is 0.111. The number of carbonyl (C=O) groups excluding carboxylic acids is 1. The number of carbonyl (C=O) groups is 2. The molecule has 82 valence electrons. The summed E-state index contributed by atoms with van der Waals surface area (Å²) < 4.78 is 1.18. The Kier molecular flexibility index (Phi) is 2.35. The number of aldehydes is 1. The van der Waals surface area contributed by atoms with Gasteiger partial charge in [-0.05, 0) is 12.5 Å². The SMILES string of the molecule is Cc1c(C(=O)O)c(C=O)n2ncnc(Cl)c12. The van der Waals surface area contributed by atoms with Crippen molar-refractivity contribution in [2.45, 2.75) is 6.92 Å². The molecule has 7 heteroatoms. The summed E-state index contributed by atoms with van der Waals surface area (Å²) in [7, 11) is 0. The molecule has 6 nitrogen and oxygen atoms in total. The van der Waals surface area contributed by atoms with E-state index in [4.69, 9.17) is 16.7 Å². The minimum absolute atomic E-state index is 0.0377. The molecule has 0 atom stereocenters. The maximum atomic E-state index is 11.0. The summed E-state index contributed by atoms with van der Waals surface area (Å²) in [5.41, 5.74) is 0.575. The van der Waals surface area contributed by atoms with Gasteiger partial charge in [0.25, 0.3) is 0 Å². The molecular weight excluding hydrogens is 234 g/mol. The van der Waals surface area contributed by atoms with Crippen molar-refractivity contribution in [3.8, 4) is 0 Å². The standard InChI is InChI=1S/C9H6ClN3O3/c1-4-6(9(15)16)5(2-14)13-7(4)8(10)11-3-12-13/h2-3H,1H3,(H,15,16). The van der Waals surface area contributed by atoms with Gasteiger partial charge >= 0.3 is 5.97 Å². The third-order valence-electron chi connectivity index (χ3n) is 2.29. The van der Waals surface area contributed by atoms with Crippen LogP contribution in [0.1, 0.15) is 26.4 Å². The fourth-order valence-corrected chi connectivity index (χ4v) is 1.89. The number of rotatable bonds is 2. The van der Waals surface area contributed by atoms with E-state index in [1.165, 1.54) is 4.52 Å². The first kappa shape index (κ1) is 10.6. The van der Waals surface area contributed by atoms with E-state index in [-0.39, 0.29) is 16.4 Å². The topological polar surface area (TPSA) is 84.6 Å². The molecule has 0 aliphatic carbocycles. The normalized spacial score (nSPS) is 10.6. The zero-order chi connectivity index (χ0) is 11.9. The van der Waals surface area contributed by atoms with Crippen molar-refractivity contribution in [3.63, 3.8) is 0 Å². The Labute approximate surface area is 94.5 Å². The molecule has 0 fully saturated rings. The Morgan fingerprint density at radius 3 is 2.88 bits per heavy atom. The van der Waals surface area contributed by atoms with Gasteiger partial charge in [-0.3, -0.25) is 4.79 Å². The van der Waals surface area contributed by atoms with E-state index in [9.17, 15) is 9.59 Å². The van der Waals surface area contributed by atoms with Gasteiger partial charge in [0.2, 0.25) is 0 Å². The highest BCUT2D eigenvalue weighted by Crippen LogP contribution is 2.25. The number of carboxylic acid groups (broad SMARTS) is 1. The number of hydrogen-bond acceptors (Lipinski definition) is 4. The monoisotopic (exact) mass is 239 g/mol. The van der Waals surface area contributed by atoms with Crippen molar-refractivity contribution in [2.24, 2.45) is 0 Å². The molecule has 0 unspecified atom stereocenters. The molecule has 2 aromatic rings. The molecule has 0 aromatic carbocycles. The Hall–Kier alpha value is -1.95. The molecule has 0 amide bonds. The summed E-state index contributed by atoms with van der Waals surface area (Å²) in [5, 5.41) is 12.9. The van der Waals surface area contributed by atoms with E-state index in [0.717, 1.165) is 6.33 Å². The van der Waals surface area contributed by atoms with Gasteiger partial charge in [0.1, 0.15) is 17.5 Å². The van der Waals surface area contributed by atoms with Crippen LogP contribution in [0.4, 0.5) is 0 Å².